The van der Waals surface area contributed by atoms with Gasteiger partial charge in [-0.15, -0.1) is 0 Å². The number of rotatable bonds is 5. The van der Waals surface area contributed by atoms with Crippen LogP contribution in [0, 0.1) is 5.92 Å². The summed E-state index contributed by atoms with van der Waals surface area (Å²) >= 11 is 5.13. The summed E-state index contributed by atoms with van der Waals surface area (Å²) in [6, 6.07) is 8.70. The fraction of sp³-hybridized carbons (Fsp3) is 0.381. The van der Waals surface area contributed by atoms with Gasteiger partial charge in [-0.1, -0.05) is 30.2 Å². The molecule has 0 aliphatic heterocycles. The Labute approximate surface area is 181 Å². The van der Waals surface area contributed by atoms with E-state index >= 15 is 0 Å². The van der Waals surface area contributed by atoms with Gasteiger partial charge in [0.05, 0.1) is 23.1 Å². The molecule has 1 aliphatic carbocycles. The maximum Gasteiger partial charge on any atom is 0.184 e. The molecule has 4 aromatic rings. The molecule has 0 saturated heterocycles. The lowest BCUT2D eigenvalue weighted by atomic mass is 9.85. The SMILES string of the molecule is OC[C@@H]1CCCC[C@H]1Nc1nc2ccc(Cn3cnc4cc(Br)cnc43)cc2s1. The Bertz CT molecular complexity index is 1160. The minimum Gasteiger partial charge on any atom is -0.396 e. The van der Waals surface area contributed by atoms with Crippen molar-refractivity contribution in [2.24, 2.45) is 5.92 Å². The first-order chi connectivity index (χ1) is 14.2. The van der Waals surface area contributed by atoms with E-state index in [0.717, 1.165) is 45.7 Å². The van der Waals surface area contributed by atoms with E-state index in [1.54, 1.807) is 17.5 Å². The summed E-state index contributed by atoms with van der Waals surface area (Å²) in [5.41, 5.74) is 3.97. The Morgan fingerprint density at radius 3 is 2.97 bits per heavy atom. The third-order valence-corrected chi connectivity index (χ3v) is 7.06. The van der Waals surface area contributed by atoms with Crippen LogP contribution in [-0.4, -0.2) is 37.3 Å². The number of benzene rings is 1. The number of halogens is 1. The van der Waals surface area contributed by atoms with Gasteiger partial charge >= 0.3 is 0 Å². The topological polar surface area (TPSA) is 75.9 Å². The molecular weight excluding hydrogens is 450 g/mol. The normalized spacial score (nSPS) is 19.8. The maximum absolute atomic E-state index is 9.66. The second-order valence-electron chi connectivity index (χ2n) is 7.67. The fourth-order valence-electron chi connectivity index (χ4n) is 4.14. The Hall–Kier alpha value is -2.03. The van der Waals surface area contributed by atoms with E-state index in [1.807, 2.05) is 12.4 Å². The Kier molecular flexibility index (Phi) is 5.24. The first-order valence-electron chi connectivity index (χ1n) is 9.93. The van der Waals surface area contributed by atoms with Crippen molar-refractivity contribution in [1.82, 2.24) is 19.5 Å². The molecule has 1 fully saturated rings. The van der Waals surface area contributed by atoms with Crippen molar-refractivity contribution in [3.8, 4) is 0 Å². The van der Waals surface area contributed by atoms with E-state index < -0.39 is 0 Å². The number of aliphatic hydroxyl groups is 1. The van der Waals surface area contributed by atoms with Crippen LogP contribution in [0.1, 0.15) is 31.2 Å². The van der Waals surface area contributed by atoms with Gasteiger partial charge in [0, 0.05) is 29.2 Å². The molecule has 2 N–H and O–H groups in total. The number of fused-ring (bicyclic) bond motifs is 2. The lowest BCUT2D eigenvalue weighted by molar-refractivity contribution is 0.178. The summed E-state index contributed by atoms with van der Waals surface area (Å²) in [6.45, 7) is 0.965. The van der Waals surface area contributed by atoms with Gasteiger partial charge in [-0.3, -0.25) is 0 Å². The van der Waals surface area contributed by atoms with Crippen molar-refractivity contribution in [1.29, 1.82) is 0 Å². The van der Waals surface area contributed by atoms with E-state index in [1.165, 1.54) is 23.1 Å². The third-order valence-electron chi connectivity index (χ3n) is 5.68. The van der Waals surface area contributed by atoms with Crippen molar-refractivity contribution in [2.75, 3.05) is 11.9 Å². The summed E-state index contributed by atoms with van der Waals surface area (Å²) in [4.78, 5) is 13.7. The van der Waals surface area contributed by atoms with Crippen molar-refractivity contribution < 1.29 is 5.11 Å². The molecule has 2 atom stereocenters. The average Bonchev–Trinajstić information content (AvgIpc) is 3.31. The highest BCUT2D eigenvalue weighted by Gasteiger charge is 2.25. The zero-order chi connectivity index (χ0) is 19.8. The molecule has 8 heteroatoms. The highest BCUT2D eigenvalue weighted by molar-refractivity contribution is 9.10. The molecule has 5 rings (SSSR count). The zero-order valence-corrected chi connectivity index (χ0v) is 18.3. The smallest absolute Gasteiger partial charge is 0.184 e. The van der Waals surface area contributed by atoms with Gasteiger partial charge in [0.15, 0.2) is 10.8 Å². The summed E-state index contributed by atoms with van der Waals surface area (Å²) in [5, 5.41) is 14.2. The molecule has 0 amide bonds. The number of aliphatic hydroxyl groups excluding tert-OH is 1. The van der Waals surface area contributed by atoms with Crippen LogP contribution in [0.3, 0.4) is 0 Å². The van der Waals surface area contributed by atoms with Crippen LogP contribution in [0.25, 0.3) is 21.4 Å². The maximum atomic E-state index is 9.66. The van der Waals surface area contributed by atoms with Gasteiger partial charge < -0.3 is 15.0 Å². The molecule has 3 heterocycles. The highest BCUT2D eigenvalue weighted by Crippen LogP contribution is 2.32. The van der Waals surface area contributed by atoms with Gasteiger partial charge in [0.2, 0.25) is 0 Å². The van der Waals surface area contributed by atoms with E-state index in [9.17, 15) is 5.11 Å². The van der Waals surface area contributed by atoms with Crippen LogP contribution in [0.4, 0.5) is 5.13 Å². The number of aromatic nitrogens is 4. The number of thiazole rings is 1. The number of nitrogens with one attached hydrogen (secondary N) is 1. The molecule has 0 unspecified atom stereocenters. The second-order valence-corrected chi connectivity index (χ2v) is 9.61. The van der Waals surface area contributed by atoms with Crippen LogP contribution < -0.4 is 5.32 Å². The lowest BCUT2D eigenvalue weighted by Gasteiger charge is -2.30. The summed E-state index contributed by atoms with van der Waals surface area (Å²) in [6.07, 6.45) is 8.26. The van der Waals surface area contributed by atoms with E-state index in [2.05, 4.69) is 54.0 Å². The molecule has 0 spiro atoms. The van der Waals surface area contributed by atoms with Gasteiger partial charge in [-0.2, -0.15) is 0 Å². The number of pyridine rings is 1. The molecule has 1 saturated carbocycles. The van der Waals surface area contributed by atoms with Crippen molar-refractivity contribution in [2.45, 2.75) is 38.3 Å². The molecule has 6 nitrogen and oxygen atoms in total. The summed E-state index contributed by atoms with van der Waals surface area (Å²) in [7, 11) is 0. The van der Waals surface area contributed by atoms with Crippen LogP contribution >= 0.6 is 27.3 Å². The number of nitrogens with zero attached hydrogens (tertiary/aromatic N) is 4. The van der Waals surface area contributed by atoms with Gasteiger partial charge in [0.1, 0.15) is 5.52 Å². The van der Waals surface area contributed by atoms with E-state index in [4.69, 9.17) is 4.98 Å². The second kappa shape index (κ2) is 8.01. The lowest BCUT2D eigenvalue weighted by Crippen LogP contribution is -2.34. The predicted octanol–water partition coefficient (Wildman–Crippen LogP) is 4.81. The van der Waals surface area contributed by atoms with Crippen LogP contribution in [0.5, 0.6) is 0 Å². The first kappa shape index (κ1) is 19.0. The van der Waals surface area contributed by atoms with Crippen molar-refractivity contribution >= 4 is 53.8 Å². The molecule has 150 valence electrons. The standard InChI is InChI=1S/C21H22BrN5OS/c22-15-8-18-20(23-9-15)27(12-24-18)10-13-5-6-17-19(7-13)29-21(26-17)25-16-4-2-1-3-14(16)11-28/h5-9,12,14,16,28H,1-4,10-11H2,(H,25,26)/t14-,16+/m0/s1. The molecule has 0 radical (unpaired) electrons. The first-order valence-corrected chi connectivity index (χ1v) is 11.5. The molecule has 0 bridgehead atoms. The monoisotopic (exact) mass is 471 g/mol. The molecule has 1 aromatic carbocycles. The number of hydrogen-bond acceptors (Lipinski definition) is 6. The highest BCUT2D eigenvalue weighted by atomic mass is 79.9. The van der Waals surface area contributed by atoms with E-state index in [-0.39, 0.29) is 6.61 Å². The van der Waals surface area contributed by atoms with Gasteiger partial charge in [-0.05, 0) is 52.5 Å². The Balaban J connectivity index is 1.37. The summed E-state index contributed by atoms with van der Waals surface area (Å²) in [5.74, 6) is 0.327. The van der Waals surface area contributed by atoms with Crippen LogP contribution in [-0.2, 0) is 6.54 Å². The molecule has 3 aromatic heterocycles. The molecular formula is C21H22BrN5OS. The van der Waals surface area contributed by atoms with Crippen molar-refractivity contribution in [3.05, 3.63) is 46.8 Å². The predicted molar refractivity (Wildman–Crippen MR) is 120 cm³/mol. The molecule has 29 heavy (non-hydrogen) atoms. The zero-order valence-electron chi connectivity index (χ0n) is 15.9. The quantitative estimate of drug-likeness (QED) is 0.436. The van der Waals surface area contributed by atoms with E-state index in [0.29, 0.717) is 12.0 Å². The third kappa shape index (κ3) is 3.89. The summed E-state index contributed by atoms with van der Waals surface area (Å²) < 4.78 is 4.17. The van der Waals surface area contributed by atoms with Crippen LogP contribution in [0.15, 0.2) is 41.3 Å². The fourth-order valence-corrected chi connectivity index (χ4v) is 5.45. The van der Waals surface area contributed by atoms with Gasteiger partial charge in [-0.25, -0.2) is 15.0 Å². The Morgan fingerprint density at radius 2 is 2.07 bits per heavy atom. The Morgan fingerprint density at radius 1 is 1.17 bits per heavy atom. The van der Waals surface area contributed by atoms with Crippen LogP contribution in [0.2, 0.25) is 0 Å². The number of anilines is 1. The van der Waals surface area contributed by atoms with Crippen molar-refractivity contribution in [3.63, 3.8) is 0 Å². The minimum atomic E-state index is 0.246. The van der Waals surface area contributed by atoms with Gasteiger partial charge in [0.25, 0.3) is 0 Å². The number of imidazole rings is 1. The average molecular weight is 472 g/mol. The minimum absolute atomic E-state index is 0.246. The largest absolute Gasteiger partial charge is 0.396 e. The number of hydrogen-bond donors (Lipinski definition) is 2. The molecule has 1 aliphatic rings.